The van der Waals surface area contributed by atoms with Crippen molar-refractivity contribution in [2.45, 2.75) is 19.3 Å². The number of carboxylic acids is 1. The van der Waals surface area contributed by atoms with Crippen LogP contribution in [-0.4, -0.2) is 11.1 Å². The van der Waals surface area contributed by atoms with Crippen molar-refractivity contribution < 1.29 is 9.90 Å². The Morgan fingerprint density at radius 2 is 1.37 bits per heavy atom. The van der Waals surface area contributed by atoms with E-state index in [-0.39, 0.29) is 0 Å². The Kier molecular flexibility index (Phi) is 3.76. The Morgan fingerprint density at radius 3 is 1.79 bits per heavy atom. The molecule has 0 atom stereocenters. The number of rotatable bonds is 3. The van der Waals surface area contributed by atoms with E-state index in [0.29, 0.717) is 0 Å². The van der Waals surface area contributed by atoms with E-state index in [1.165, 1.54) is 0 Å². The lowest BCUT2D eigenvalue weighted by Crippen LogP contribution is -2.28. The van der Waals surface area contributed by atoms with E-state index < -0.39 is 11.4 Å². The van der Waals surface area contributed by atoms with Gasteiger partial charge < -0.3 is 5.11 Å². The molecule has 2 aromatic rings. The minimum absolute atomic E-state index is 0.806. The molecule has 0 heterocycles. The molecule has 2 nitrogen and oxygen atoms in total. The summed E-state index contributed by atoms with van der Waals surface area (Å²) in [4.78, 5) is 11.2. The molecule has 0 spiro atoms. The predicted molar refractivity (Wildman–Crippen MR) is 80.2 cm³/mol. The van der Waals surface area contributed by atoms with Crippen LogP contribution in [0.4, 0.5) is 0 Å². The Bertz CT molecular complexity index is 583. The first-order valence-electron chi connectivity index (χ1n) is 6.01. The third-order valence-corrected chi connectivity index (χ3v) is 3.85. The maximum atomic E-state index is 11.2. The van der Waals surface area contributed by atoms with E-state index >= 15 is 0 Å². The van der Waals surface area contributed by atoms with Gasteiger partial charge in [-0.25, -0.2) is 0 Å². The summed E-state index contributed by atoms with van der Waals surface area (Å²) < 4.78 is 1.04. The van der Waals surface area contributed by atoms with Crippen molar-refractivity contribution >= 4 is 21.9 Å². The van der Waals surface area contributed by atoms with Crippen LogP contribution in [0.15, 0.2) is 53.0 Å². The fourth-order valence-electron chi connectivity index (χ4n) is 1.85. The van der Waals surface area contributed by atoms with Gasteiger partial charge in [-0.3, -0.25) is 4.79 Å². The summed E-state index contributed by atoms with van der Waals surface area (Å²) in [6, 6.07) is 15.7. The zero-order valence-electron chi connectivity index (χ0n) is 10.9. The van der Waals surface area contributed by atoms with Crippen molar-refractivity contribution in [1.29, 1.82) is 0 Å². The van der Waals surface area contributed by atoms with Gasteiger partial charge in [-0.2, -0.15) is 0 Å². The maximum Gasteiger partial charge on any atom is 0.313 e. The maximum absolute atomic E-state index is 11.2. The molecular weight excluding hydrogens is 304 g/mol. The molecule has 2 aromatic carbocycles. The smallest absolute Gasteiger partial charge is 0.313 e. The topological polar surface area (TPSA) is 37.3 Å². The molecule has 0 amide bonds. The molecule has 19 heavy (non-hydrogen) atoms. The molecule has 0 saturated carbocycles. The number of aliphatic carboxylic acids is 1. The molecule has 0 aromatic heterocycles. The molecule has 1 N–H and O–H groups in total. The van der Waals surface area contributed by atoms with Crippen molar-refractivity contribution in [2.24, 2.45) is 0 Å². The molecule has 98 valence electrons. The quantitative estimate of drug-likeness (QED) is 0.906. The van der Waals surface area contributed by atoms with Crippen LogP contribution in [0.25, 0.3) is 11.1 Å². The van der Waals surface area contributed by atoms with Crippen LogP contribution < -0.4 is 0 Å². The Labute approximate surface area is 121 Å². The zero-order valence-corrected chi connectivity index (χ0v) is 12.4. The van der Waals surface area contributed by atoms with Gasteiger partial charge in [0.1, 0.15) is 0 Å². The molecule has 0 bridgehead atoms. The van der Waals surface area contributed by atoms with Gasteiger partial charge in [0.2, 0.25) is 0 Å². The van der Waals surface area contributed by atoms with Crippen LogP contribution in [0.5, 0.6) is 0 Å². The SMILES string of the molecule is CC(C)(C(=O)O)c1ccc(-c2ccc(Br)cc2)cc1. The summed E-state index contributed by atoms with van der Waals surface area (Å²) >= 11 is 3.41. The fourth-order valence-corrected chi connectivity index (χ4v) is 2.11. The van der Waals surface area contributed by atoms with Crippen LogP contribution in [0.2, 0.25) is 0 Å². The van der Waals surface area contributed by atoms with Crippen LogP contribution >= 0.6 is 15.9 Å². The van der Waals surface area contributed by atoms with Gasteiger partial charge in [-0.05, 0) is 42.7 Å². The van der Waals surface area contributed by atoms with Crippen LogP contribution in [-0.2, 0) is 10.2 Å². The van der Waals surface area contributed by atoms with E-state index in [2.05, 4.69) is 15.9 Å². The Morgan fingerprint density at radius 1 is 0.947 bits per heavy atom. The highest BCUT2D eigenvalue weighted by molar-refractivity contribution is 9.10. The second-order valence-corrected chi connectivity index (χ2v) is 5.93. The first-order valence-corrected chi connectivity index (χ1v) is 6.80. The molecule has 0 fully saturated rings. The summed E-state index contributed by atoms with van der Waals surface area (Å²) in [6.07, 6.45) is 0. The van der Waals surface area contributed by atoms with Crippen molar-refractivity contribution in [3.63, 3.8) is 0 Å². The van der Waals surface area contributed by atoms with E-state index in [9.17, 15) is 9.90 Å². The Balaban J connectivity index is 2.33. The molecule has 0 aliphatic heterocycles. The van der Waals surface area contributed by atoms with E-state index in [0.717, 1.165) is 21.2 Å². The minimum atomic E-state index is -0.863. The standard InChI is InChI=1S/C16H15BrO2/c1-16(2,15(18)19)13-7-3-11(4-8-13)12-5-9-14(17)10-6-12/h3-10H,1-2H3,(H,18,19). The third-order valence-electron chi connectivity index (χ3n) is 3.32. The molecule has 0 aliphatic rings. The fraction of sp³-hybridized carbons (Fsp3) is 0.188. The lowest BCUT2D eigenvalue weighted by molar-refractivity contribution is -0.142. The number of hydrogen-bond donors (Lipinski definition) is 1. The van der Waals surface area contributed by atoms with E-state index in [1.807, 2.05) is 48.5 Å². The van der Waals surface area contributed by atoms with Crippen LogP contribution in [0.3, 0.4) is 0 Å². The lowest BCUT2D eigenvalue weighted by atomic mass is 9.84. The van der Waals surface area contributed by atoms with Gasteiger partial charge in [0.25, 0.3) is 0 Å². The highest BCUT2D eigenvalue weighted by atomic mass is 79.9. The number of halogens is 1. The average Bonchev–Trinajstić information content (AvgIpc) is 2.39. The summed E-state index contributed by atoms with van der Waals surface area (Å²) in [5.41, 5.74) is 2.14. The first-order chi connectivity index (χ1) is 8.91. The van der Waals surface area contributed by atoms with Crippen molar-refractivity contribution in [3.8, 4) is 11.1 Å². The Hall–Kier alpha value is -1.61. The minimum Gasteiger partial charge on any atom is -0.481 e. The molecule has 2 rings (SSSR count). The summed E-state index contributed by atoms with van der Waals surface area (Å²) in [5, 5.41) is 9.21. The normalized spacial score (nSPS) is 11.3. The second-order valence-electron chi connectivity index (χ2n) is 5.01. The second kappa shape index (κ2) is 5.17. The van der Waals surface area contributed by atoms with Gasteiger partial charge in [0, 0.05) is 4.47 Å². The molecule has 0 saturated heterocycles. The van der Waals surface area contributed by atoms with Crippen molar-refractivity contribution in [1.82, 2.24) is 0 Å². The highest BCUT2D eigenvalue weighted by Gasteiger charge is 2.29. The molecule has 3 heteroatoms. The third kappa shape index (κ3) is 2.87. The number of carbonyl (C=O) groups is 1. The van der Waals surface area contributed by atoms with Gasteiger partial charge >= 0.3 is 5.97 Å². The summed E-state index contributed by atoms with van der Waals surface area (Å²) in [7, 11) is 0. The average molecular weight is 319 g/mol. The van der Waals surface area contributed by atoms with Gasteiger partial charge in [-0.15, -0.1) is 0 Å². The van der Waals surface area contributed by atoms with E-state index in [1.54, 1.807) is 13.8 Å². The van der Waals surface area contributed by atoms with Crippen molar-refractivity contribution in [2.75, 3.05) is 0 Å². The number of carboxylic acid groups (broad SMARTS) is 1. The first kappa shape index (κ1) is 13.8. The number of benzene rings is 2. The summed E-state index contributed by atoms with van der Waals surface area (Å²) in [5.74, 6) is -0.816. The largest absolute Gasteiger partial charge is 0.481 e. The molecule has 0 radical (unpaired) electrons. The molecular formula is C16H15BrO2. The van der Waals surface area contributed by atoms with Gasteiger partial charge in [0.15, 0.2) is 0 Å². The van der Waals surface area contributed by atoms with Crippen molar-refractivity contribution in [3.05, 3.63) is 58.6 Å². The highest BCUT2D eigenvalue weighted by Crippen LogP contribution is 2.27. The van der Waals surface area contributed by atoms with Gasteiger partial charge in [0.05, 0.1) is 5.41 Å². The predicted octanol–water partition coefficient (Wildman–Crippen LogP) is 4.48. The lowest BCUT2D eigenvalue weighted by Gasteiger charge is -2.19. The molecule has 0 aliphatic carbocycles. The molecule has 0 unspecified atom stereocenters. The van der Waals surface area contributed by atoms with Crippen LogP contribution in [0.1, 0.15) is 19.4 Å². The van der Waals surface area contributed by atoms with Crippen LogP contribution in [0, 0.1) is 0 Å². The summed E-state index contributed by atoms with van der Waals surface area (Å²) in [6.45, 7) is 3.42. The van der Waals surface area contributed by atoms with E-state index in [4.69, 9.17) is 0 Å². The zero-order chi connectivity index (χ0) is 14.0. The van der Waals surface area contributed by atoms with Gasteiger partial charge in [-0.1, -0.05) is 52.3 Å². The monoisotopic (exact) mass is 318 g/mol. The number of hydrogen-bond acceptors (Lipinski definition) is 1.